The molecule has 100 valence electrons. The van der Waals surface area contributed by atoms with Crippen LogP contribution in [0.1, 0.15) is 28.9 Å². The Hall–Kier alpha value is -2.01. The molecule has 0 saturated heterocycles. The number of halogens is 1. The Balaban J connectivity index is 1.99. The molecule has 1 aromatic carbocycles. The van der Waals surface area contributed by atoms with Crippen LogP contribution in [0, 0.1) is 0 Å². The molecule has 0 atom stereocenters. The SMILES string of the molecule is CCc1cnc(CNC(=O)c2ccc(O)c(Cl)c2)o1. The van der Waals surface area contributed by atoms with Crippen LogP contribution in [0.15, 0.2) is 28.8 Å². The molecule has 1 heterocycles. The van der Waals surface area contributed by atoms with Gasteiger partial charge in [-0.05, 0) is 18.2 Å². The fourth-order valence-electron chi connectivity index (χ4n) is 1.50. The minimum absolute atomic E-state index is 0.0569. The molecule has 1 amide bonds. The summed E-state index contributed by atoms with van der Waals surface area (Å²) >= 11 is 5.74. The number of oxazole rings is 1. The van der Waals surface area contributed by atoms with Gasteiger partial charge in [-0.2, -0.15) is 0 Å². The normalized spacial score (nSPS) is 10.4. The van der Waals surface area contributed by atoms with Crippen LogP contribution in [0.25, 0.3) is 0 Å². The number of rotatable bonds is 4. The second kappa shape index (κ2) is 5.75. The maximum absolute atomic E-state index is 11.8. The molecule has 0 aliphatic carbocycles. The van der Waals surface area contributed by atoms with Gasteiger partial charge < -0.3 is 14.8 Å². The van der Waals surface area contributed by atoms with E-state index in [0.717, 1.165) is 12.2 Å². The number of carbonyl (C=O) groups excluding carboxylic acids is 1. The molecule has 0 aliphatic rings. The highest BCUT2D eigenvalue weighted by molar-refractivity contribution is 6.32. The van der Waals surface area contributed by atoms with Gasteiger partial charge in [0.25, 0.3) is 5.91 Å². The minimum Gasteiger partial charge on any atom is -0.506 e. The molecule has 5 nitrogen and oxygen atoms in total. The lowest BCUT2D eigenvalue weighted by Crippen LogP contribution is -2.22. The van der Waals surface area contributed by atoms with Gasteiger partial charge in [0.05, 0.1) is 17.8 Å². The van der Waals surface area contributed by atoms with E-state index < -0.39 is 0 Å². The first-order valence-electron chi connectivity index (χ1n) is 5.80. The van der Waals surface area contributed by atoms with Crippen LogP contribution in [-0.4, -0.2) is 16.0 Å². The molecule has 2 N–H and O–H groups in total. The Kier molecular flexibility index (Phi) is 4.06. The highest BCUT2D eigenvalue weighted by Gasteiger charge is 2.09. The third-order valence-electron chi connectivity index (χ3n) is 2.56. The zero-order valence-corrected chi connectivity index (χ0v) is 11.1. The lowest BCUT2D eigenvalue weighted by atomic mass is 10.2. The number of aromatic hydroxyl groups is 1. The third-order valence-corrected chi connectivity index (χ3v) is 2.86. The number of benzene rings is 1. The first kappa shape index (κ1) is 13.4. The molecular weight excluding hydrogens is 268 g/mol. The summed E-state index contributed by atoms with van der Waals surface area (Å²) in [5.41, 5.74) is 0.366. The van der Waals surface area contributed by atoms with Gasteiger partial charge in [-0.3, -0.25) is 4.79 Å². The molecule has 0 aliphatic heterocycles. The number of hydrogen-bond donors (Lipinski definition) is 2. The Morgan fingerprint density at radius 2 is 2.32 bits per heavy atom. The Labute approximate surface area is 115 Å². The molecule has 0 unspecified atom stereocenters. The summed E-state index contributed by atoms with van der Waals surface area (Å²) in [5, 5.41) is 12.1. The summed E-state index contributed by atoms with van der Waals surface area (Å²) in [5.74, 6) is 0.864. The third kappa shape index (κ3) is 3.26. The van der Waals surface area contributed by atoms with E-state index in [9.17, 15) is 9.90 Å². The minimum atomic E-state index is -0.307. The maximum atomic E-state index is 11.8. The van der Waals surface area contributed by atoms with Crippen LogP contribution in [-0.2, 0) is 13.0 Å². The molecule has 0 fully saturated rings. The van der Waals surface area contributed by atoms with Gasteiger partial charge in [0.2, 0.25) is 5.89 Å². The first-order valence-corrected chi connectivity index (χ1v) is 6.18. The number of nitrogens with one attached hydrogen (secondary N) is 1. The van der Waals surface area contributed by atoms with Gasteiger partial charge in [-0.1, -0.05) is 18.5 Å². The maximum Gasteiger partial charge on any atom is 0.251 e. The van der Waals surface area contributed by atoms with Crippen molar-refractivity contribution in [3.63, 3.8) is 0 Å². The van der Waals surface area contributed by atoms with E-state index in [1.165, 1.54) is 18.2 Å². The summed E-state index contributed by atoms with van der Waals surface area (Å²) in [6.45, 7) is 2.17. The Morgan fingerprint density at radius 3 is 2.95 bits per heavy atom. The second-order valence-corrected chi connectivity index (χ2v) is 4.33. The Morgan fingerprint density at radius 1 is 1.53 bits per heavy atom. The number of aromatic nitrogens is 1. The number of nitrogens with zero attached hydrogens (tertiary/aromatic N) is 1. The summed E-state index contributed by atoms with van der Waals surface area (Å²) in [7, 11) is 0. The van der Waals surface area contributed by atoms with Gasteiger partial charge >= 0.3 is 0 Å². The van der Waals surface area contributed by atoms with Crippen molar-refractivity contribution in [3.05, 3.63) is 46.6 Å². The van der Waals surface area contributed by atoms with Crippen molar-refractivity contribution in [2.24, 2.45) is 0 Å². The van der Waals surface area contributed by atoms with Gasteiger partial charge in [-0.25, -0.2) is 4.98 Å². The second-order valence-electron chi connectivity index (χ2n) is 3.92. The standard InChI is InChI=1S/C13H13ClN2O3/c1-2-9-6-15-12(19-9)7-16-13(18)8-3-4-11(17)10(14)5-8/h3-6,17H,2,7H2,1H3,(H,16,18). The number of hydrogen-bond acceptors (Lipinski definition) is 4. The molecule has 0 radical (unpaired) electrons. The quantitative estimate of drug-likeness (QED) is 0.902. The van der Waals surface area contributed by atoms with Gasteiger partial charge in [0.15, 0.2) is 0 Å². The smallest absolute Gasteiger partial charge is 0.251 e. The summed E-state index contributed by atoms with van der Waals surface area (Å²) in [6.07, 6.45) is 2.40. The molecular formula is C13H13ClN2O3. The van der Waals surface area contributed by atoms with Crippen molar-refractivity contribution in [3.8, 4) is 5.75 Å². The molecule has 19 heavy (non-hydrogen) atoms. The predicted octanol–water partition coefficient (Wildman–Crippen LogP) is 2.53. The van der Waals surface area contributed by atoms with Crippen molar-refractivity contribution in [1.29, 1.82) is 0 Å². The summed E-state index contributed by atoms with van der Waals surface area (Å²) < 4.78 is 5.37. The van der Waals surface area contributed by atoms with Crippen LogP contribution >= 0.6 is 11.6 Å². The number of carbonyl (C=O) groups is 1. The lowest BCUT2D eigenvalue weighted by Gasteiger charge is -2.04. The molecule has 0 spiro atoms. The number of aryl methyl sites for hydroxylation is 1. The van der Waals surface area contributed by atoms with Crippen molar-refractivity contribution in [1.82, 2.24) is 10.3 Å². The van der Waals surface area contributed by atoms with Crippen molar-refractivity contribution < 1.29 is 14.3 Å². The number of phenolic OH excluding ortho intramolecular Hbond substituents is 1. The summed E-state index contributed by atoms with van der Waals surface area (Å²) in [6, 6.07) is 4.26. The molecule has 1 aromatic heterocycles. The van der Waals surface area contributed by atoms with Crippen LogP contribution in [0.2, 0.25) is 5.02 Å². The predicted molar refractivity (Wildman–Crippen MR) is 70.2 cm³/mol. The van der Waals surface area contributed by atoms with Crippen molar-refractivity contribution >= 4 is 17.5 Å². The van der Waals surface area contributed by atoms with Crippen LogP contribution < -0.4 is 5.32 Å². The highest BCUT2D eigenvalue weighted by atomic mass is 35.5. The van der Waals surface area contributed by atoms with E-state index in [2.05, 4.69) is 10.3 Å². The van der Waals surface area contributed by atoms with E-state index in [1.807, 2.05) is 6.92 Å². The highest BCUT2D eigenvalue weighted by Crippen LogP contribution is 2.23. The fraction of sp³-hybridized carbons (Fsp3) is 0.231. The van der Waals surface area contributed by atoms with Gasteiger partial charge in [0, 0.05) is 12.0 Å². The molecule has 6 heteroatoms. The van der Waals surface area contributed by atoms with Gasteiger partial charge in [0.1, 0.15) is 11.5 Å². The fourth-order valence-corrected chi connectivity index (χ4v) is 1.68. The first-order chi connectivity index (χ1) is 9.10. The van der Waals surface area contributed by atoms with E-state index in [1.54, 1.807) is 6.20 Å². The zero-order valence-electron chi connectivity index (χ0n) is 10.3. The lowest BCUT2D eigenvalue weighted by molar-refractivity contribution is 0.0947. The monoisotopic (exact) mass is 280 g/mol. The topological polar surface area (TPSA) is 75.4 Å². The van der Waals surface area contributed by atoms with Crippen molar-refractivity contribution in [2.75, 3.05) is 0 Å². The zero-order chi connectivity index (χ0) is 13.8. The van der Waals surface area contributed by atoms with Crippen LogP contribution in [0.5, 0.6) is 5.75 Å². The molecule has 0 bridgehead atoms. The average Bonchev–Trinajstić information content (AvgIpc) is 2.87. The van der Waals surface area contributed by atoms with Crippen molar-refractivity contribution in [2.45, 2.75) is 19.9 Å². The molecule has 2 rings (SSSR count). The van der Waals surface area contributed by atoms with Crippen LogP contribution in [0.3, 0.4) is 0 Å². The van der Waals surface area contributed by atoms with E-state index in [4.69, 9.17) is 16.0 Å². The van der Waals surface area contributed by atoms with Gasteiger partial charge in [-0.15, -0.1) is 0 Å². The molecule has 0 saturated carbocycles. The van der Waals surface area contributed by atoms with Crippen LogP contribution in [0.4, 0.5) is 0 Å². The number of phenols is 1. The van der Waals surface area contributed by atoms with E-state index >= 15 is 0 Å². The average molecular weight is 281 g/mol. The Bertz CT molecular complexity index is 595. The largest absolute Gasteiger partial charge is 0.506 e. The molecule has 2 aromatic rings. The summed E-state index contributed by atoms with van der Waals surface area (Å²) in [4.78, 5) is 15.9. The van der Waals surface area contributed by atoms with E-state index in [-0.39, 0.29) is 23.2 Å². The van der Waals surface area contributed by atoms with E-state index in [0.29, 0.717) is 11.5 Å². The number of amides is 1.